The lowest BCUT2D eigenvalue weighted by Crippen LogP contribution is -2.22. The molecular weight excluding hydrogens is 190 g/mol. The van der Waals surface area contributed by atoms with E-state index in [1.165, 1.54) is 6.92 Å². The second-order valence-electron chi connectivity index (χ2n) is 3.74. The Labute approximate surface area is 90.7 Å². The lowest BCUT2D eigenvalue weighted by atomic mass is 10.2. The Morgan fingerprint density at radius 2 is 2.07 bits per heavy atom. The third-order valence-corrected chi connectivity index (χ3v) is 2.05. The van der Waals surface area contributed by atoms with Crippen molar-refractivity contribution in [3.8, 4) is 5.75 Å². The molecule has 0 aromatic heterocycles. The number of rotatable bonds is 3. The predicted octanol–water partition coefficient (Wildman–Crippen LogP) is 2.46. The predicted molar refractivity (Wildman–Crippen MR) is 61.3 cm³/mol. The van der Waals surface area contributed by atoms with Gasteiger partial charge in [0.15, 0.2) is 0 Å². The van der Waals surface area contributed by atoms with Crippen LogP contribution < -0.4 is 9.64 Å². The molecule has 1 aromatic rings. The van der Waals surface area contributed by atoms with Crippen LogP contribution in [0.4, 0.5) is 5.69 Å². The molecular formula is C12H17NO2. The van der Waals surface area contributed by atoms with Gasteiger partial charge in [-0.05, 0) is 26.0 Å². The second-order valence-corrected chi connectivity index (χ2v) is 3.74. The highest BCUT2D eigenvalue weighted by molar-refractivity contribution is 5.90. The van der Waals surface area contributed by atoms with E-state index in [2.05, 4.69) is 0 Å². The van der Waals surface area contributed by atoms with Gasteiger partial charge in [-0.1, -0.05) is 6.07 Å². The van der Waals surface area contributed by atoms with E-state index >= 15 is 0 Å². The maximum absolute atomic E-state index is 11.2. The standard InChI is InChI=1S/C12H17NO2/c1-9(2)15-12-7-5-6-11(8-12)13(4)10(3)14/h5-9H,1-4H3. The molecule has 0 radical (unpaired) electrons. The Balaban J connectivity index is 2.87. The maximum atomic E-state index is 11.2. The Bertz CT molecular complexity index is 347. The Hall–Kier alpha value is -1.51. The molecule has 0 unspecified atom stereocenters. The molecule has 1 amide bonds. The molecule has 3 heteroatoms. The SMILES string of the molecule is CC(=O)N(C)c1cccc(OC(C)C)c1. The van der Waals surface area contributed by atoms with Gasteiger partial charge < -0.3 is 9.64 Å². The van der Waals surface area contributed by atoms with Gasteiger partial charge in [0.25, 0.3) is 0 Å². The van der Waals surface area contributed by atoms with Crippen molar-refractivity contribution >= 4 is 11.6 Å². The van der Waals surface area contributed by atoms with E-state index in [-0.39, 0.29) is 12.0 Å². The monoisotopic (exact) mass is 207 g/mol. The lowest BCUT2D eigenvalue weighted by Gasteiger charge is -2.17. The number of carbonyl (C=O) groups is 1. The molecule has 0 spiro atoms. The van der Waals surface area contributed by atoms with Crippen molar-refractivity contribution in [2.24, 2.45) is 0 Å². The molecule has 0 aliphatic carbocycles. The summed E-state index contributed by atoms with van der Waals surface area (Å²) < 4.78 is 5.55. The zero-order valence-electron chi connectivity index (χ0n) is 9.65. The maximum Gasteiger partial charge on any atom is 0.223 e. The van der Waals surface area contributed by atoms with Crippen LogP contribution in [-0.2, 0) is 4.79 Å². The average Bonchev–Trinajstić information content (AvgIpc) is 2.16. The van der Waals surface area contributed by atoms with E-state index in [0.29, 0.717) is 0 Å². The normalized spacial score (nSPS) is 10.2. The van der Waals surface area contributed by atoms with Gasteiger partial charge in [-0.15, -0.1) is 0 Å². The van der Waals surface area contributed by atoms with E-state index in [1.807, 2.05) is 38.1 Å². The first-order chi connectivity index (χ1) is 7.00. The largest absolute Gasteiger partial charge is 0.491 e. The van der Waals surface area contributed by atoms with Gasteiger partial charge in [-0.2, -0.15) is 0 Å². The van der Waals surface area contributed by atoms with E-state index in [0.717, 1.165) is 11.4 Å². The van der Waals surface area contributed by atoms with E-state index in [9.17, 15) is 4.79 Å². The first-order valence-corrected chi connectivity index (χ1v) is 5.01. The van der Waals surface area contributed by atoms with Crippen LogP contribution in [0.2, 0.25) is 0 Å². The van der Waals surface area contributed by atoms with Gasteiger partial charge >= 0.3 is 0 Å². The molecule has 15 heavy (non-hydrogen) atoms. The van der Waals surface area contributed by atoms with Crippen molar-refractivity contribution in [3.63, 3.8) is 0 Å². The Morgan fingerprint density at radius 3 is 2.60 bits per heavy atom. The van der Waals surface area contributed by atoms with Crippen molar-refractivity contribution in [1.29, 1.82) is 0 Å². The summed E-state index contributed by atoms with van der Waals surface area (Å²) >= 11 is 0. The Kier molecular flexibility index (Phi) is 3.72. The molecule has 0 heterocycles. The molecule has 0 saturated heterocycles. The minimum absolute atomic E-state index is 0.0108. The van der Waals surface area contributed by atoms with Gasteiger partial charge in [0.05, 0.1) is 6.10 Å². The van der Waals surface area contributed by atoms with E-state index in [4.69, 9.17) is 4.74 Å². The third-order valence-electron chi connectivity index (χ3n) is 2.05. The second kappa shape index (κ2) is 4.82. The number of hydrogen-bond donors (Lipinski definition) is 0. The summed E-state index contributed by atoms with van der Waals surface area (Å²) in [5.74, 6) is 0.798. The first kappa shape index (κ1) is 11.6. The molecule has 0 N–H and O–H groups in total. The highest BCUT2D eigenvalue weighted by atomic mass is 16.5. The minimum atomic E-state index is 0.0108. The number of anilines is 1. The fourth-order valence-electron chi connectivity index (χ4n) is 1.22. The van der Waals surface area contributed by atoms with Gasteiger partial charge in [0.1, 0.15) is 5.75 Å². The molecule has 1 rings (SSSR count). The quantitative estimate of drug-likeness (QED) is 0.762. The zero-order valence-corrected chi connectivity index (χ0v) is 9.65. The van der Waals surface area contributed by atoms with Crippen molar-refractivity contribution in [3.05, 3.63) is 24.3 Å². The molecule has 0 aliphatic rings. The summed E-state index contributed by atoms with van der Waals surface area (Å²) in [4.78, 5) is 12.8. The molecule has 0 fully saturated rings. The van der Waals surface area contributed by atoms with E-state index < -0.39 is 0 Å². The van der Waals surface area contributed by atoms with Crippen molar-refractivity contribution < 1.29 is 9.53 Å². The number of amides is 1. The van der Waals surface area contributed by atoms with Crippen LogP contribution in [0.25, 0.3) is 0 Å². The highest BCUT2D eigenvalue weighted by Crippen LogP contribution is 2.21. The summed E-state index contributed by atoms with van der Waals surface area (Å²) in [7, 11) is 1.75. The molecule has 0 bridgehead atoms. The fourth-order valence-corrected chi connectivity index (χ4v) is 1.22. The van der Waals surface area contributed by atoms with Crippen LogP contribution in [0.15, 0.2) is 24.3 Å². The fraction of sp³-hybridized carbons (Fsp3) is 0.417. The zero-order chi connectivity index (χ0) is 11.4. The molecule has 3 nitrogen and oxygen atoms in total. The summed E-state index contributed by atoms with van der Waals surface area (Å²) in [6.45, 7) is 5.48. The van der Waals surface area contributed by atoms with Crippen LogP contribution in [0.1, 0.15) is 20.8 Å². The smallest absolute Gasteiger partial charge is 0.223 e. The topological polar surface area (TPSA) is 29.5 Å². The van der Waals surface area contributed by atoms with Gasteiger partial charge in [-0.3, -0.25) is 4.79 Å². The van der Waals surface area contributed by atoms with E-state index in [1.54, 1.807) is 11.9 Å². The van der Waals surface area contributed by atoms with Gasteiger partial charge in [0, 0.05) is 25.7 Å². The average molecular weight is 207 g/mol. The van der Waals surface area contributed by atoms with Crippen LogP contribution in [-0.4, -0.2) is 19.1 Å². The highest BCUT2D eigenvalue weighted by Gasteiger charge is 2.06. The van der Waals surface area contributed by atoms with Crippen LogP contribution >= 0.6 is 0 Å². The summed E-state index contributed by atoms with van der Waals surface area (Å²) in [6.07, 6.45) is 0.142. The van der Waals surface area contributed by atoms with Crippen LogP contribution in [0, 0.1) is 0 Å². The van der Waals surface area contributed by atoms with Crippen molar-refractivity contribution in [2.45, 2.75) is 26.9 Å². The van der Waals surface area contributed by atoms with Gasteiger partial charge in [-0.25, -0.2) is 0 Å². The van der Waals surface area contributed by atoms with Gasteiger partial charge in [0.2, 0.25) is 5.91 Å². The molecule has 0 atom stereocenters. The number of ether oxygens (including phenoxy) is 1. The van der Waals surface area contributed by atoms with Crippen LogP contribution in [0.5, 0.6) is 5.75 Å². The van der Waals surface area contributed by atoms with Crippen molar-refractivity contribution in [2.75, 3.05) is 11.9 Å². The molecule has 0 aliphatic heterocycles. The third kappa shape index (κ3) is 3.27. The number of hydrogen-bond acceptors (Lipinski definition) is 2. The lowest BCUT2D eigenvalue weighted by molar-refractivity contribution is -0.116. The number of benzene rings is 1. The number of nitrogens with zero attached hydrogens (tertiary/aromatic N) is 1. The number of carbonyl (C=O) groups excluding carboxylic acids is 1. The molecule has 82 valence electrons. The molecule has 0 saturated carbocycles. The molecule has 1 aromatic carbocycles. The first-order valence-electron chi connectivity index (χ1n) is 5.01. The van der Waals surface area contributed by atoms with Crippen molar-refractivity contribution in [1.82, 2.24) is 0 Å². The summed E-state index contributed by atoms with van der Waals surface area (Å²) in [5, 5.41) is 0. The van der Waals surface area contributed by atoms with Crippen LogP contribution in [0.3, 0.4) is 0 Å². The summed E-state index contributed by atoms with van der Waals surface area (Å²) in [5.41, 5.74) is 0.848. The summed E-state index contributed by atoms with van der Waals surface area (Å²) in [6, 6.07) is 7.51. The minimum Gasteiger partial charge on any atom is -0.491 e. The Morgan fingerprint density at radius 1 is 1.40 bits per heavy atom.